The molecule has 2 aromatic carbocycles. The van der Waals surface area contributed by atoms with Crippen molar-refractivity contribution in [3.8, 4) is 5.75 Å². The van der Waals surface area contributed by atoms with E-state index in [0.717, 1.165) is 5.56 Å². The number of carbonyl (C=O) groups excluding carboxylic acids is 2. The van der Waals surface area contributed by atoms with Gasteiger partial charge in [-0.25, -0.2) is 0 Å². The Balaban J connectivity index is 1.99. The Morgan fingerprint density at radius 1 is 1.08 bits per heavy atom. The number of Topliss-reactive ketones (excluding diaryl/α,β-unsaturated/α-hetero) is 1. The second-order valence-electron chi connectivity index (χ2n) is 5.30. The van der Waals surface area contributed by atoms with Crippen LogP contribution in [0.2, 0.25) is 10.0 Å². The topological polar surface area (TPSA) is 55.4 Å². The fourth-order valence-electron chi connectivity index (χ4n) is 2.21. The zero-order valence-corrected chi connectivity index (χ0v) is 14.9. The van der Waals surface area contributed by atoms with Gasteiger partial charge < -0.3 is 10.1 Å². The van der Waals surface area contributed by atoms with E-state index in [-0.39, 0.29) is 24.5 Å². The molecule has 6 heteroatoms. The third kappa shape index (κ3) is 4.73. The van der Waals surface area contributed by atoms with Crippen molar-refractivity contribution in [2.45, 2.75) is 19.8 Å². The second-order valence-corrected chi connectivity index (χ2v) is 6.14. The number of aryl methyl sites for hydroxylation is 1. The molecule has 2 rings (SSSR count). The summed E-state index contributed by atoms with van der Waals surface area (Å²) in [5.41, 5.74) is 1.90. The van der Waals surface area contributed by atoms with Crippen LogP contribution in [0.1, 0.15) is 28.8 Å². The van der Waals surface area contributed by atoms with Crippen LogP contribution in [0.5, 0.6) is 5.75 Å². The highest BCUT2D eigenvalue weighted by molar-refractivity contribution is 6.36. The summed E-state index contributed by atoms with van der Waals surface area (Å²) in [5.74, 6) is 0.0684. The summed E-state index contributed by atoms with van der Waals surface area (Å²) in [5, 5.41) is 3.51. The number of amides is 1. The summed E-state index contributed by atoms with van der Waals surface area (Å²) in [6.45, 7) is 1.89. The molecule has 0 bridgehead atoms. The lowest BCUT2D eigenvalue weighted by Crippen LogP contribution is -2.14. The smallest absolute Gasteiger partial charge is 0.224 e. The zero-order valence-electron chi connectivity index (χ0n) is 13.4. The number of nitrogens with one attached hydrogen (secondary N) is 1. The van der Waals surface area contributed by atoms with Crippen molar-refractivity contribution in [1.82, 2.24) is 0 Å². The fourth-order valence-corrected chi connectivity index (χ4v) is 2.66. The van der Waals surface area contributed by atoms with E-state index >= 15 is 0 Å². The van der Waals surface area contributed by atoms with Gasteiger partial charge in [-0.2, -0.15) is 0 Å². The van der Waals surface area contributed by atoms with Gasteiger partial charge in [-0.1, -0.05) is 34.8 Å². The average molecular weight is 366 g/mol. The van der Waals surface area contributed by atoms with Gasteiger partial charge in [0.05, 0.1) is 23.4 Å². The third-order valence-electron chi connectivity index (χ3n) is 3.44. The number of halogens is 2. The van der Waals surface area contributed by atoms with E-state index in [1.54, 1.807) is 30.3 Å². The lowest BCUT2D eigenvalue weighted by molar-refractivity contribution is -0.116. The first kappa shape index (κ1) is 18.3. The molecule has 0 aromatic heterocycles. The molecule has 1 N–H and O–H groups in total. The first-order valence-electron chi connectivity index (χ1n) is 7.33. The van der Waals surface area contributed by atoms with Gasteiger partial charge >= 0.3 is 0 Å². The minimum Gasteiger partial charge on any atom is -0.496 e. The van der Waals surface area contributed by atoms with E-state index in [1.165, 1.54) is 7.11 Å². The molecule has 24 heavy (non-hydrogen) atoms. The Bertz CT molecular complexity index is 775. The molecule has 0 aliphatic heterocycles. The molecule has 2 aromatic rings. The standard InChI is InChI=1S/C18H17Cl2NO3/c1-11-3-7-17(24-2)13(9-11)16(22)6-8-18(23)21-15-5-4-12(19)10-14(15)20/h3-5,7,9-10H,6,8H2,1-2H3,(H,21,23). The van der Waals surface area contributed by atoms with Gasteiger partial charge in [-0.3, -0.25) is 9.59 Å². The molecule has 0 fully saturated rings. The van der Waals surface area contributed by atoms with Crippen LogP contribution >= 0.6 is 23.2 Å². The number of ether oxygens (including phenoxy) is 1. The van der Waals surface area contributed by atoms with Gasteiger partial charge in [0.1, 0.15) is 5.75 Å². The van der Waals surface area contributed by atoms with Gasteiger partial charge in [-0.05, 0) is 37.3 Å². The number of anilines is 1. The van der Waals surface area contributed by atoms with Crippen LogP contribution < -0.4 is 10.1 Å². The van der Waals surface area contributed by atoms with Crippen LogP contribution in [0.4, 0.5) is 5.69 Å². The van der Waals surface area contributed by atoms with Crippen LogP contribution in [0, 0.1) is 6.92 Å². The lowest BCUT2D eigenvalue weighted by atomic mass is 10.0. The quantitative estimate of drug-likeness (QED) is 0.739. The van der Waals surface area contributed by atoms with E-state index in [9.17, 15) is 9.59 Å². The van der Waals surface area contributed by atoms with Gasteiger partial charge in [0.15, 0.2) is 5.78 Å². The summed E-state index contributed by atoms with van der Waals surface area (Å²) in [6, 6.07) is 10.2. The molecule has 0 aliphatic rings. The SMILES string of the molecule is COc1ccc(C)cc1C(=O)CCC(=O)Nc1ccc(Cl)cc1Cl. The Hall–Kier alpha value is -2.04. The fraction of sp³-hybridized carbons (Fsp3) is 0.222. The van der Waals surface area contributed by atoms with Crippen LogP contribution in [0.3, 0.4) is 0 Å². The molecule has 0 saturated heterocycles. The monoisotopic (exact) mass is 365 g/mol. The first-order valence-corrected chi connectivity index (χ1v) is 8.09. The maximum Gasteiger partial charge on any atom is 0.224 e. The van der Waals surface area contributed by atoms with Crippen molar-refractivity contribution >= 4 is 40.6 Å². The zero-order chi connectivity index (χ0) is 17.7. The van der Waals surface area contributed by atoms with Gasteiger partial charge in [0, 0.05) is 17.9 Å². The Kier molecular flexibility index (Phi) is 6.23. The van der Waals surface area contributed by atoms with Crippen LogP contribution in [-0.4, -0.2) is 18.8 Å². The van der Waals surface area contributed by atoms with E-state index in [0.29, 0.717) is 27.0 Å². The Morgan fingerprint density at radius 3 is 2.50 bits per heavy atom. The first-order chi connectivity index (χ1) is 11.4. The lowest BCUT2D eigenvalue weighted by Gasteiger charge is -2.09. The molecule has 0 atom stereocenters. The minimum atomic E-state index is -0.292. The van der Waals surface area contributed by atoms with E-state index in [4.69, 9.17) is 27.9 Å². The summed E-state index contributed by atoms with van der Waals surface area (Å²) in [7, 11) is 1.51. The molecule has 0 saturated carbocycles. The highest BCUT2D eigenvalue weighted by Gasteiger charge is 2.15. The van der Waals surface area contributed by atoms with Crippen molar-refractivity contribution in [3.63, 3.8) is 0 Å². The molecule has 0 heterocycles. The Labute approximate surface area is 150 Å². The molecule has 126 valence electrons. The van der Waals surface area contributed by atoms with E-state index in [2.05, 4.69) is 5.32 Å². The van der Waals surface area contributed by atoms with E-state index in [1.807, 2.05) is 13.0 Å². The summed E-state index contributed by atoms with van der Waals surface area (Å²) < 4.78 is 5.20. The normalized spacial score (nSPS) is 10.3. The van der Waals surface area contributed by atoms with Gasteiger partial charge in [0.25, 0.3) is 0 Å². The number of methoxy groups -OCH3 is 1. The highest BCUT2D eigenvalue weighted by Crippen LogP contribution is 2.26. The second kappa shape index (κ2) is 8.18. The Morgan fingerprint density at radius 2 is 1.83 bits per heavy atom. The number of carbonyl (C=O) groups is 2. The predicted molar refractivity (Wildman–Crippen MR) is 96.4 cm³/mol. The molecule has 0 radical (unpaired) electrons. The van der Waals surface area contributed by atoms with E-state index < -0.39 is 0 Å². The summed E-state index contributed by atoms with van der Waals surface area (Å²) >= 11 is 11.8. The van der Waals surface area contributed by atoms with Crippen LogP contribution in [0.25, 0.3) is 0 Å². The number of benzene rings is 2. The van der Waals surface area contributed by atoms with Gasteiger partial charge in [0.2, 0.25) is 5.91 Å². The van der Waals surface area contributed by atoms with Crippen LogP contribution in [0.15, 0.2) is 36.4 Å². The average Bonchev–Trinajstić information content (AvgIpc) is 2.55. The van der Waals surface area contributed by atoms with Crippen molar-refractivity contribution in [2.75, 3.05) is 12.4 Å². The predicted octanol–water partition coefficient (Wildman–Crippen LogP) is 4.91. The van der Waals surface area contributed by atoms with Crippen molar-refractivity contribution in [2.24, 2.45) is 0 Å². The van der Waals surface area contributed by atoms with Crippen molar-refractivity contribution < 1.29 is 14.3 Å². The summed E-state index contributed by atoms with van der Waals surface area (Å²) in [4.78, 5) is 24.4. The van der Waals surface area contributed by atoms with Crippen molar-refractivity contribution in [3.05, 3.63) is 57.6 Å². The molecule has 1 amide bonds. The number of ketones is 1. The molecule has 0 unspecified atom stereocenters. The maximum absolute atomic E-state index is 12.3. The summed E-state index contributed by atoms with van der Waals surface area (Å²) in [6.07, 6.45) is 0.131. The third-order valence-corrected chi connectivity index (χ3v) is 3.99. The molecule has 0 spiro atoms. The number of rotatable bonds is 6. The molecule has 4 nitrogen and oxygen atoms in total. The number of hydrogen-bond acceptors (Lipinski definition) is 3. The van der Waals surface area contributed by atoms with Gasteiger partial charge in [-0.15, -0.1) is 0 Å². The van der Waals surface area contributed by atoms with Crippen molar-refractivity contribution in [1.29, 1.82) is 0 Å². The maximum atomic E-state index is 12.3. The van der Waals surface area contributed by atoms with Crippen LogP contribution in [-0.2, 0) is 4.79 Å². The molecule has 0 aliphatic carbocycles. The molecular formula is C18H17Cl2NO3. The molecular weight excluding hydrogens is 349 g/mol. The minimum absolute atomic E-state index is 0.0505. The number of hydrogen-bond donors (Lipinski definition) is 1. The highest BCUT2D eigenvalue weighted by atomic mass is 35.5. The largest absolute Gasteiger partial charge is 0.496 e.